The van der Waals surface area contributed by atoms with Gasteiger partial charge in [0.15, 0.2) is 0 Å². The third-order valence-electron chi connectivity index (χ3n) is 3.37. The van der Waals surface area contributed by atoms with Gasteiger partial charge in [-0.1, -0.05) is 13.0 Å². The van der Waals surface area contributed by atoms with Crippen LogP contribution in [0.5, 0.6) is 5.75 Å². The van der Waals surface area contributed by atoms with E-state index in [0.717, 1.165) is 34.1 Å². The number of hydrogen-bond acceptors (Lipinski definition) is 3. The Morgan fingerprint density at radius 2 is 2.10 bits per heavy atom. The predicted molar refractivity (Wildman–Crippen MR) is 92.9 cm³/mol. The van der Waals surface area contributed by atoms with E-state index in [9.17, 15) is 0 Å². The van der Waals surface area contributed by atoms with E-state index in [1.807, 2.05) is 37.7 Å². The molecule has 2 unspecified atom stereocenters. The fourth-order valence-corrected chi connectivity index (χ4v) is 3.37. The molecule has 0 N–H and O–H groups in total. The molecule has 1 heterocycles. The molecule has 1 aromatic heterocycles. The number of para-hydroxylation sites is 1. The molecule has 3 nitrogen and oxygen atoms in total. The Morgan fingerprint density at radius 3 is 2.71 bits per heavy atom. The van der Waals surface area contributed by atoms with Crippen LogP contribution in [0.4, 0.5) is 0 Å². The summed E-state index contributed by atoms with van der Waals surface area (Å²) in [5.74, 6) is 3.93. The lowest BCUT2D eigenvalue weighted by atomic mass is 10.2. The van der Waals surface area contributed by atoms with Crippen molar-refractivity contribution in [1.29, 1.82) is 0 Å². The van der Waals surface area contributed by atoms with Crippen molar-refractivity contribution in [3.8, 4) is 5.75 Å². The first-order valence-electron chi connectivity index (χ1n) is 7.45. The highest BCUT2D eigenvalue weighted by atomic mass is 35.5. The number of ether oxygens (including phenoxy) is 1. The number of thioether (sulfide) groups is 1. The molecular weight excluding hydrogens is 304 g/mol. The molecule has 2 rings (SSSR count). The smallest absolute Gasteiger partial charge is 0.147 e. The zero-order valence-corrected chi connectivity index (χ0v) is 14.7. The average Bonchev–Trinajstić information content (AvgIpc) is 2.86. The van der Waals surface area contributed by atoms with Crippen molar-refractivity contribution in [2.24, 2.45) is 0 Å². The fourth-order valence-electron chi connectivity index (χ4n) is 2.49. The van der Waals surface area contributed by atoms with Gasteiger partial charge in [-0.3, -0.25) is 0 Å². The standard InChI is InChI=1S/C16H23ClN2OS/c1-5-20-14-9-7-8-13-15(14)18-16(12(4)17)19(13)11(3)10-21-6-2/h7-9,11-12H,5-6,10H2,1-4H3. The van der Waals surface area contributed by atoms with Gasteiger partial charge in [-0.15, -0.1) is 11.6 Å². The van der Waals surface area contributed by atoms with Crippen LogP contribution < -0.4 is 4.74 Å². The molecule has 2 atom stereocenters. The summed E-state index contributed by atoms with van der Waals surface area (Å²) in [6, 6.07) is 6.44. The molecule has 0 fully saturated rings. The Kier molecular flexibility index (Phi) is 5.82. The lowest BCUT2D eigenvalue weighted by Crippen LogP contribution is -2.12. The zero-order chi connectivity index (χ0) is 15.4. The number of imidazole rings is 1. The SMILES string of the molecule is CCOc1cccc2c1nc(C(C)Cl)n2C(C)CSCC. The van der Waals surface area contributed by atoms with Crippen LogP contribution in [-0.2, 0) is 0 Å². The Morgan fingerprint density at radius 1 is 1.33 bits per heavy atom. The van der Waals surface area contributed by atoms with E-state index in [1.165, 1.54) is 0 Å². The number of hydrogen-bond donors (Lipinski definition) is 0. The molecule has 0 spiro atoms. The van der Waals surface area contributed by atoms with Gasteiger partial charge in [0.1, 0.15) is 17.1 Å². The summed E-state index contributed by atoms with van der Waals surface area (Å²) < 4.78 is 7.97. The summed E-state index contributed by atoms with van der Waals surface area (Å²) in [7, 11) is 0. The van der Waals surface area contributed by atoms with Crippen LogP contribution in [0.3, 0.4) is 0 Å². The quantitative estimate of drug-likeness (QED) is 0.666. The molecule has 1 aromatic carbocycles. The van der Waals surface area contributed by atoms with E-state index in [2.05, 4.69) is 24.5 Å². The monoisotopic (exact) mass is 326 g/mol. The second kappa shape index (κ2) is 7.41. The van der Waals surface area contributed by atoms with Crippen LogP contribution in [0.15, 0.2) is 18.2 Å². The summed E-state index contributed by atoms with van der Waals surface area (Å²) in [5.41, 5.74) is 2.02. The number of fused-ring (bicyclic) bond motifs is 1. The highest BCUT2D eigenvalue weighted by molar-refractivity contribution is 7.99. The number of alkyl halides is 1. The van der Waals surface area contributed by atoms with Gasteiger partial charge >= 0.3 is 0 Å². The molecule has 0 saturated heterocycles. The maximum atomic E-state index is 6.36. The minimum Gasteiger partial charge on any atom is -0.492 e. The molecule has 116 valence electrons. The predicted octanol–water partition coefficient (Wildman–Crippen LogP) is 5.05. The molecule has 0 aliphatic carbocycles. The summed E-state index contributed by atoms with van der Waals surface area (Å²) in [6.45, 7) is 9.00. The number of aromatic nitrogens is 2. The number of benzene rings is 1. The van der Waals surface area contributed by atoms with Crippen molar-refractivity contribution in [2.45, 2.75) is 39.1 Å². The molecule has 0 radical (unpaired) electrons. The van der Waals surface area contributed by atoms with Gasteiger partial charge in [0.05, 0.1) is 17.5 Å². The van der Waals surface area contributed by atoms with Gasteiger partial charge in [0.25, 0.3) is 0 Å². The first kappa shape index (κ1) is 16.5. The van der Waals surface area contributed by atoms with E-state index in [1.54, 1.807) is 0 Å². The molecule has 21 heavy (non-hydrogen) atoms. The first-order valence-corrected chi connectivity index (χ1v) is 9.04. The maximum Gasteiger partial charge on any atom is 0.147 e. The highest BCUT2D eigenvalue weighted by Gasteiger charge is 2.20. The summed E-state index contributed by atoms with van der Waals surface area (Å²) in [5, 5.41) is -0.124. The normalized spacial score (nSPS) is 14.3. The molecule has 0 aliphatic heterocycles. The van der Waals surface area contributed by atoms with Gasteiger partial charge in [0, 0.05) is 11.8 Å². The van der Waals surface area contributed by atoms with Crippen molar-refractivity contribution < 1.29 is 4.74 Å². The van der Waals surface area contributed by atoms with Crippen molar-refractivity contribution >= 4 is 34.4 Å². The average molecular weight is 327 g/mol. The molecular formula is C16H23ClN2OS. The Balaban J connectivity index is 2.55. The van der Waals surface area contributed by atoms with E-state index < -0.39 is 0 Å². The van der Waals surface area contributed by atoms with E-state index in [4.69, 9.17) is 21.3 Å². The van der Waals surface area contributed by atoms with Gasteiger partial charge in [-0.25, -0.2) is 4.98 Å². The first-order chi connectivity index (χ1) is 10.1. The van der Waals surface area contributed by atoms with Crippen LogP contribution in [0.25, 0.3) is 11.0 Å². The van der Waals surface area contributed by atoms with Crippen molar-refractivity contribution in [3.05, 3.63) is 24.0 Å². The number of nitrogens with zero attached hydrogens (tertiary/aromatic N) is 2. The third-order valence-corrected chi connectivity index (χ3v) is 4.69. The Bertz CT molecular complexity index is 597. The van der Waals surface area contributed by atoms with Crippen LogP contribution in [0.1, 0.15) is 44.9 Å². The minimum atomic E-state index is -0.124. The van der Waals surface area contributed by atoms with Gasteiger partial charge in [-0.2, -0.15) is 11.8 Å². The molecule has 5 heteroatoms. The van der Waals surface area contributed by atoms with E-state index in [0.29, 0.717) is 12.6 Å². The summed E-state index contributed by atoms with van der Waals surface area (Å²) in [4.78, 5) is 4.76. The van der Waals surface area contributed by atoms with Gasteiger partial charge in [-0.05, 0) is 38.7 Å². The molecule has 0 bridgehead atoms. The molecule has 2 aromatic rings. The molecule has 0 saturated carbocycles. The lowest BCUT2D eigenvalue weighted by Gasteiger charge is -2.18. The maximum absolute atomic E-state index is 6.36. The third kappa shape index (κ3) is 3.49. The van der Waals surface area contributed by atoms with Crippen molar-refractivity contribution in [2.75, 3.05) is 18.1 Å². The largest absolute Gasteiger partial charge is 0.492 e. The second-order valence-electron chi connectivity index (χ2n) is 5.02. The lowest BCUT2D eigenvalue weighted by molar-refractivity contribution is 0.343. The van der Waals surface area contributed by atoms with Crippen LogP contribution >= 0.6 is 23.4 Å². The van der Waals surface area contributed by atoms with E-state index in [-0.39, 0.29) is 5.38 Å². The van der Waals surface area contributed by atoms with Crippen molar-refractivity contribution in [1.82, 2.24) is 9.55 Å². The number of halogens is 1. The van der Waals surface area contributed by atoms with Crippen LogP contribution in [0.2, 0.25) is 0 Å². The Hall–Kier alpha value is -0.870. The molecule has 0 amide bonds. The zero-order valence-electron chi connectivity index (χ0n) is 13.1. The van der Waals surface area contributed by atoms with E-state index >= 15 is 0 Å². The Labute approximate surface area is 136 Å². The topological polar surface area (TPSA) is 27.1 Å². The summed E-state index contributed by atoms with van der Waals surface area (Å²) in [6.07, 6.45) is 0. The second-order valence-corrected chi connectivity index (χ2v) is 6.99. The van der Waals surface area contributed by atoms with Crippen molar-refractivity contribution in [3.63, 3.8) is 0 Å². The fraction of sp³-hybridized carbons (Fsp3) is 0.562. The number of rotatable bonds is 7. The minimum absolute atomic E-state index is 0.124. The highest BCUT2D eigenvalue weighted by Crippen LogP contribution is 2.33. The summed E-state index contributed by atoms with van der Waals surface area (Å²) >= 11 is 8.29. The molecule has 0 aliphatic rings. The van der Waals surface area contributed by atoms with Crippen LogP contribution in [0, 0.1) is 0 Å². The van der Waals surface area contributed by atoms with Gasteiger partial charge < -0.3 is 9.30 Å². The van der Waals surface area contributed by atoms with Gasteiger partial charge in [0.2, 0.25) is 0 Å². The van der Waals surface area contributed by atoms with Crippen LogP contribution in [-0.4, -0.2) is 27.7 Å².